The van der Waals surface area contributed by atoms with Crippen LogP contribution in [0.3, 0.4) is 0 Å². The van der Waals surface area contributed by atoms with Crippen molar-refractivity contribution in [2.45, 2.75) is 19.3 Å². The fourth-order valence-corrected chi connectivity index (χ4v) is 3.35. The highest BCUT2D eigenvalue weighted by molar-refractivity contribution is 5.91. The molecule has 0 heterocycles. The van der Waals surface area contributed by atoms with Crippen molar-refractivity contribution in [3.63, 3.8) is 0 Å². The Morgan fingerprint density at radius 3 is 1.82 bits per heavy atom. The number of hydrogen-bond acceptors (Lipinski definition) is 8. The average Bonchev–Trinajstić information content (AvgIpc) is 2.96. The highest BCUT2D eigenvalue weighted by Crippen LogP contribution is 2.25. The molecule has 3 aromatic carbocycles. The van der Waals surface area contributed by atoms with E-state index in [0.717, 1.165) is 17.4 Å². The summed E-state index contributed by atoms with van der Waals surface area (Å²) >= 11 is 0. The number of unbranched alkanes of at least 4 members (excludes halogenated alkanes) is 1. The Labute approximate surface area is 231 Å². The van der Waals surface area contributed by atoms with Gasteiger partial charge < -0.3 is 23.7 Å². The molecule has 0 N–H and O–H groups in total. The van der Waals surface area contributed by atoms with Gasteiger partial charge in [0.25, 0.3) is 0 Å². The monoisotopic (exact) mass is 548 g/mol. The minimum atomic E-state index is -1.11. The van der Waals surface area contributed by atoms with Crippen LogP contribution in [0.15, 0.2) is 98.0 Å². The number of carbonyl (C=O) groups excluding carboxylic acids is 3. The van der Waals surface area contributed by atoms with E-state index >= 15 is 0 Å². The maximum atomic E-state index is 12.5. The average molecular weight is 549 g/mol. The Kier molecular flexibility index (Phi) is 11.5. The molecule has 0 spiro atoms. The van der Waals surface area contributed by atoms with E-state index < -0.39 is 23.7 Å². The van der Waals surface area contributed by atoms with E-state index in [0.29, 0.717) is 42.3 Å². The Balaban J connectivity index is 1.42. The van der Waals surface area contributed by atoms with Gasteiger partial charge in [0.2, 0.25) is 5.83 Å². The van der Waals surface area contributed by atoms with Gasteiger partial charge in [0.1, 0.15) is 17.2 Å². The Morgan fingerprint density at radius 1 is 0.725 bits per heavy atom. The quantitative estimate of drug-likeness (QED) is 0.0727. The van der Waals surface area contributed by atoms with Crippen LogP contribution in [-0.2, 0) is 19.1 Å². The number of carbonyl (C=O) groups is 3. The molecule has 8 nitrogen and oxygen atoms in total. The van der Waals surface area contributed by atoms with Crippen molar-refractivity contribution in [3.05, 3.63) is 104 Å². The largest absolute Gasteiger partial charge is 0.494 e. The second-order valence-electron chi connectivity index (χ2n) is 8.31. The molecule has 0 unspecified atom stereocenters. The first-order valence-corrected chi connectivity index (χ1v) is 12.5. The third-order valence-electron chi connectivity index (χ3n) is 5.39. The van der Waals surface area contributed by atoms with Crippen LogP contribution in [0, 0.1) is 0 Å². The lowest BCUT2D eigenvalue weighted by molar-refractivity contribution is -0.141. The van der Waals surface area contributed by atoms with Crippen LogP contribution in [0.1, 0.15) is 29.6 Å². The Hall–Kier alpha value is -4.92. The normalized spacial score (nSPS) is 10.2. The van der Waals surface area contributed by atoms with Crippen LogP contribution in [0.25, 0.3) is 11.1 Å². The van der Waals surface area contributed by atoms with E-state index in [-0.39, 0.29) is 19.6 Å². The third kappa shape index (κ3) is 9.75. The van der Waals surface area contributed by atoms with Crippen molar-refractivity contribution < 1.29 is 42.5 Å². The molecule has 0 fully saturated rings. The minimum absolute atomic E-state index is 0.0760. The van der Waals surface area contributed by atoms with Gasteiger partial charge in [-0.3, -0.25) is 4.79 Å². The van der Waals surface area contributed by atoms with Crippen molar-refractivity contribution in [1.29, 1.82) is 0 Å². The van der Waals surface area contributed by atoms with Gasteiger partial charge in [0.05, 0.1) is 38.1 Å². The van der Waals surface area contributed by atoms with Crippen LogP contribution in [-0.4, -0.2) is 37.7 Å². The second kappa shape index (κ2) is 15.5. The van der Waals surface area contributed by atoms with Crippen molar-refractivity contribution in [1.82, 2.24) is 0 Å². The van der Waals surface area contributed by atoms with Crippen molar-refractivity contribution in [2.24, 2.45) is 0 Å². The van der Waals surface area contributed by atoms with Crippen LogP contribution >= 0.6 is 0 Å². The zero-order chi connectivity index (χ0) is 28.7. The van der Waals surface area contributed by atoms with Crippen LogP contribution in [0.2, 0.25) is 0 Å². The molecule has 0 radical (unpaired) electrons. The fourth-order valence-electron chi connectivity index (χ4n) is 3.35. The number of rotatable bonds is 15. The highest BCUT2D eigenvalue weighted by atomic mass is 19.1. The van der Waals surface area contributed by atoms with E-state index in [1.807, 2.05) is 36.4 Å². The Bertz CT molecular complexity index is 1300. The number of benzene rings is 3. The number of halogens is 1. The lowest BCUT2D eigenvalue weighted by atomic mass is 10.1. The van der Waals surface area contributed by atoms with Gasteiger partial charge in [-0.05, 0) is 72.5 Å². The lowest BCUT2D eigenvalue weighted by Gasteiger charge is -2.09. The van der Waals surface area contributed by atoms with Crippen molar-refractivity contribution >= 4 is 17.9 Å². The molecule has 0 aliphatic heterocycles. The van der Waals surface area contributed by atoms with Crippen molar-refractivity contribution in [2.75, 3.05) is 19.8 Å². The molecule has 40 heavy (non-hydrogen) atoms. The summed E-state index contributed by atoms with van der Waals surface area (Å²) in [5, 5.41) is 0. The van der Waals surface area contributed by atoms with E-state index in [4.69, 9.17) is 14.2 Å². The maximum absolute atomic E-state index is 12.5. The molecule has 0 aliphatic rings. The van der Waals surface area contributed by atoms with Gasteiger partial charge in [0.15, 0.2) is 0 Å². The summed E-state index contributed by atoms with van der Waals surface area (Å²) in [6, 6.07) is 21.0. The summed E-state index contributed by atoms with van der Waals surface area (Å²) in [4.78, 5) is 34.8. The molecule has 0 aromatic heterocycles. The Morgan fingerprint density at radius 2 is 1.25 bits per heavy atom. The molecule has 0 saturated heterocycles. The first-order chi connectivity index (χ1) is 19.4. The molecule has 0 saturated carbocycles. The van der Waals surface area contributed by atoms with Gasteiger partial charge in [-0.2, -0.15) is 4.39 Å². The fraction of sp³-hybridized carbons (Fsp3) is 0.194. The van der Waals surface area contributed by atoms with E-state index in [2.05, 4.69) is 22.6 Å². The molecule has 0 aliphatic carbocycles. The molecule has 0 amide bonds. The zero-order valence-corrected chi connectivity index (χ0v) is 21.8. The molecule has 0 atom stereocenters. The number of ether oxygens (including phenoxy) is 5. The van der Waals surface area contributed by atoms with Gasteiger partial charge in [-0.15, -0.1) is 0 Å². The van der Waals surface area contributed by atoms with Gasteiger partial charge in [-0.25, -0.2) is 9.59 Å². The summed E-state index contributed by atoms with van der Waals surface area (Å²) in [5.41, 5.74) is 2.24. The number of esters is 3. The van der Waals surface area contributed by atoms with Crippen molar-refractivity contribution in [3.8, 4) is 28.4 Å². The van der Waals surface area contributed by atoms with E-state index in [1.165, 1.54) is 0 Å². The van der Waals surface area contributed by atoms with Gasteiger partial charge >= 0.3 is 17.9 Å². The third-order valence-corrected chi connectivity index (χ3v) is 5.39. The molecule has 3 rings (SSSR count). The summed E-state index contributed by atoms with van der Waals surface area (Å²) in [5.74, 6) is -1.50. The topological polar surface area (TPSA) is 97.4 Å². The first kappa shape index (κ1) is 29.6. The van der Waals surface area contributed by atoms with Crippen LogP contribution in [0.4, 0.5) is 4.39 Å². The first-order valence-electron chi connectivity index (χ1n) is 12.5. The standard InChI is InChI=1S/C31H29FO8/c1-3-36-29(33)18-21-38-27-14-10-25(11-15-27)31(35)40-28-16-8-24(9-17-28)23-6-12-26(13-7-23)37-19-4-5-20-39-30(34)22(2)32/h3,6-17H,1-2,4-5,18-21H2. The summed E-state index contributed by atoms with van der Waals surface area (Å²) in [6.45, 7) is 6.87. The van der Waals surface area contributed by atoms with Gasteiger partial charge in [0, 0.05) is 0 Å². The molecule has 208 valence electrons. The van der Waals surface area contributed by atoms with Crippen LogP contribution in [0.5, 0.6) is 17.2 Å². The maximum Gasteiger partial charge on any atom is 0.366 e. The summed E-state index contributed by atoms with van der Waals surface area (Å²) < 4.78 is 38.4. The SMILES string of the molecule is C=COC(=O)CCOc1ccc(C(=O)Oc2ccc(-c3ccc(OCCCCOC(=O)C(=C)F)cc3)cc2)cc1. The predicted molar refractivity (Wildman–Crippen MR) is 146 cm³/mol. The lowest BCUT2D eigenvalue weighted by Crippen LogP contribution is -2.09. The molecular weight excluding hydrogens is 519 g/mol. The molecular formula is C31H29FO8. The van der Waals surface area contributed by atoms with E-state index in [1.54, 1.807) is 36.4 Å². The highest BCUT2D eigenvalue weighted by Gasteiger charge is 2.10. The zero-order valence-electron chi connectivity index (χ0n) is 21.8. The van der Waals surface area contributed by atoms with Crippen LogP contribution < -0.4 is 14.2 Å². The minimum Gasteiger partial charge on any atom is -0.494 e. The predicted octanol–water partition coefficient (Wildman–Crippen LogP) is 6.21. The molecule has 0 bridgehead atoms. The summed E-state index contributed by atoms with van der Waals surface area (Å²) in [6.07, 6.45) is 2.33. The van der Waals surface area contributed by atoms with E-state index in [9.17, 15) is 18.8 Å². The summed E-state index contributed by atoms with van der Waals surface area (Å²) in [7, 11) is 0. The molecule has 3 aromatic rings. The second-order valence-corrected chi connectivity index (χ2v) is 8.31. The number of hydrogen-bond donors (Lipinski definition) is 0. The van der Waals surface area contributed by atoms with Gasteiger partial charge in [-0.1, -0.05) is 37.4 Å². The smallest absolute Gasteiger partial charge is 0.366 e. The molecule has 9 heteroatoms.